The number of hydrogen-bond donors (Lipinski definition) is 2. The van der Waals surface area contributed by atoms with Crippen LogP contribution in [0.3, 0.4) is 0 Å². The van der Waals surface area contributed by atoms with Crippen molar-refractivity contribution in [3.05, 3.63) is 35.9 Å². The minimum Gasteiger partial charge on any atom is -0.508 e. The lowest BCUT2D eigenvalue weighted by molar-refractivity contribution is -0.115. The van der Waals surface area contributed by atoms with Gasteiger partial charge in [0.1, 0.15) is 11.5 Å². The molecule has 3 rings (SSSR count). The minimum atomic E-state index is -0.403. The first-order valence-electron chi connectivity index (χ1n) is 7.11. The van der Waals surface area contributed by atoms with Crippen LogP contribution in [-0.2, 0) is 4.79 Å². The van der Waals surface area contributed by atoms with Crippen molar-refractivity contribution in [2.24, 2.45) is 0 Å². The number of phenols is 1. The average molecular weight is 329 g/mol. The second-order valence-corrected chi connectivity index (χ2v) is 5.13. The molecule has 2 aromatic rings. The lowest BCUT2D eigenvalue weighted by Crippen LogP contribution is -2.24. The molecular weight excluding hydrogens is 314 g/mol. The summed E-state index contributed by atoms with van der Waals surface area (Å²) < 4.78 is 16.2. The Kier molecular flexibility index (Phi) is 3.99. The van der Waals surface area contributed by atoms with Crippen LogP contribution in [0.5, 0.6) is 28.7 Å². The van der Waals surface area contributed by atoms with Crippen LogP contribution in [0.15, 0.2) is 30.3 Å². The maximum atomic E-state index is 12.1. The Balaban J connectivity index is 2.09. The van der Waals surface area contributed by atoms with Gasteiger partial charge in [0.25, 0.3) is 0 Å². The highest BCUT2D eigenvalue weighted by Gasteiger charge is 2.27. The summed E-state index contributed by atoms with van der Waals surface area (Å²) in [7, 11) is 2.91. The number of fused-ring (bicyclic) bond motifs is 1. The number of hydrogen-bond acceptors (Lipinski definition) is 6. The van der Waals surface area contributed by atoms with Gasteiger partial charge in [-0.3, -0.25) is 9.59 Å². The van der Waals surface area contributed by atoms with Gasteiger partial charge >= 0.3 is 0 Å². The van der Waals surface area contributed by atoms with Crippen molar-refractivity contribution in [1.29, 1.82) is 0 Å². The van der Waals surface area contributed by atoms with Gasteiger partial charge in [-0.2, -0.15) is 0 Å². The number of aromatic hydroxyl groups is 1. The van der Waals surface area contributed by atoms with Crippen LogP contribution in [0.1, 0.15) is 16.8 Å². The predicted octanol–water partition coefficient (Wildman–Crippen LogP) is 2.73. The van der Waals surface area contributed by atoms with Crippen molar-refractivity contribution in [2.75, 3.05) is 19.5 Å². The van der Waals surface area contributed by atoms with E-state index >= 15 is 0 Å². The number of benzene rings is 2. The Labute approximate surface area is 137 Å². The lowest BCUT2D eigenvalue weighted by atomic mass is 10.0. The predicted molar refractivity (Wildman–Crippen MR) is 85.3 cm³/mol. The Morgan fingerprint density at radius 1 is 1.00 bits per heavy atom. The van der Waals surface area contributed by atoms with Crippen LogP contribution in [0.2, 0.25) is 0 Å². The first-order valence-corrected chi connectivity index (χ1v) is 7.11. The monoisotopic (exact) mass is 329 g/mol. The molecule has 2 N–H and O–H groups in total. The number of nitrogens with one attached hydrogen (secondary N) is 1. The van der Waals surface area contributed by atoms with E-state index in [1.807, 2.05) is 0 Å². The summed E-state index contributed by atoms with van der Waals surface area (Å²) in [4.78, 5) is 23.8. The van der Waals surface area contributed by atoms with E-state index in [4.69, 9.17) is 14.2 Å². The molecule has 124 valence electrons. The standard InChI is InChI=1S/C17H15NO6/c1-22-10-6-11-12(20)8-16(21)18-17(11)15(7-10)24-13-4-3-9(19)5-14(13)23-2/h3-7,19H,8H2,1-2H3,(H,18,21). The molecule has 0 unspecified atom stereocenters. The normalized spacial score (nSPS) is 13.1. The van der Waals surface area contributed by atoms with Crippen LogP contribution in [0.25, 0.3) is 0 Å². The number of rotatable bonds is 4. The van der Waals surface area contributed by atoms with E-state index < -0.39 is 5.91 Å². The van der Waals surface area contributed by atoms with Gasteiger partial charge in [0, 0.05) is 17.7 Å². The number of methoxy groups -OCH3 is 2. The third kappa shape index (κ3) is 2.83. The van der Waals surface area contributed by atoms with E-state index in [2.05, 4.69) is 5.32 Å². The molecule has 0 aliphatic carbocycles. The zero-order valence-corrected chi connectivity index (χ0v) is 13.1. The van der Waals surface area contributed by atoms with Crippen molar-refractivity contribution >= 4 is 17.4 Å². The molecule has 0 atom stereocenters. The van der Waals surface area contributed by atoms with Crippen LogP contribution in [0, 0.1) is 0 Å². The number of anilines is 1. The highest BCUT2D eigenvalue weighted by Crippen LogP contribution is 2.42. The van der Waals surface area contributed by atoms with Crippen LogP contribution in [0.4, 0.5) is 5.69 Å². The summed E-state index contributed by atoms with van der Waals surface area (Å²) in [5, 5.41) is 12.2. The van der Waals surface area contributed by atoms with E-state index in [0.717, 1.165) is 0 Å². The Morgan fingerprint density at radius 3 is 2.50 bits per heavy atom. The van der Waals surface area contributed by atoms with Gasteiger partial charge in [0.05, 0.1) is 26.3 Å². The summed E-state index contributed by atoms with van der Waals surface area (Å²) in [6, 6.07) is 7.47. The molecule has 0 spiro atoms. The Bertz CT molecular complexity index is 830. The number of amides is 1. The average Bonchev–Trinajstić information content (AvgIpc) is 2.56. The fraction of sp³-hybridized carbons (Fsp3) is 0.176. The number of Topliss-reactive ketones (excluding diaryl/α,β-unsaturated/α-hetero) is 1. The van der Waals surface area contributed by atoms with Crippen LogP contribution in [-0.4, -0.2) is 31.0 Å². The third-order valence-corrected chi connectivity index (χ3v) is 3.56. The van der Waals surface area contributed by atoms with Gasteiger partial charge in [-0.05, 0) is 18.2 Å². The first kappa shape index (κ1) is 15.7. The van der Waals surface area contributed by atoms with E-state index in [1.54, 1.807) is 12.1 Å². The van der Waals surface area contributed by atoms with Crippen LogP contribution >= 0.6 is 0 Å². The summed E-state index contributed by atoms with van der Waals surface area (Å²) in [5.74, 6) is 0.601. The number of ether oxygens (including phenoxy) is 3. The van der Waals surface area contributed by atoms with E-state index in [-0.39, 0.29) is 29.4 Å². The number of phenolic OH excluding ortho intramolecular Hbond substituents is 1. The molecule has 0 saturated carbocycles. The maximum Gasteiger partial charge on any atom is 0.232 e. The van der Waals surface area contributed by atoms with Gasteiger partial charge in [-0.15, -0.1) is 0 Å². The summed E-state index contributed by atoms with van der Waals surface area (Å²) in [6.07, 6.45) is -0.220. The maximum absolute atomic E-state index is 12.1. The van der Waals surface area contributed by atoms with Crippen molar-refractivity contribution in [2.45, 2.75) is 6.42 Å². The van der Waals surface area contributed by atoms with Crippen molar-refractivity contribution in [3.8, 4) is 28.7 Å². The molecule has 0 radical (unpaired) electrons. The highest BCUT2D eigenvalue weighted by molar-refractivity contribution is 6.19. The SMILES string of the molecule is COc1cc(Oc2ccc(O)cc2OC)c2c(c1)C(=O)CC(=O)N2. The van der Waals surface area contributed by atoms with Gasteiger partial charge in [0.2, 0.25) is 5.91 Å². The molecule has 0 saturated heterocycles. The molecule has 1 aliphatic rings. The lowest BCUT2D eigenvalue weighted by Gasteiger charge is -2.21. The molecule has 7 heteroatoms. The largest absolute Gasteiger partial charge is 0.508 e. The molecular formula is C17H15NO6. The molecule has 1 heterocycles. The van der Waals surface area contributed by atoms with E-state index in [9.17, 15) is 14.7 Å². The van der Waals surface area contributed by atoms with E-state index in [1.165, 1.54) is 32.4 Å². The minimum absolute atomic E-state index is 0.0235. The third-order valence-electron chi connectivity index (χ3n) is 3.56. The van der Waals surface area contributed by atoms with E-state index in [0.29, 0.717) is 22.8 Å². The van der Waals surface area contributed by atoms with Gasteiger partial charge in [-0.25, -0.2) is 0 Å². The Hall–Kier alpha value is -3.22. The second kappa shape index (κ2) is 6.11. The topological polar surface area (TPSA) is 94.1 Å². The molecule has 7 nitrogen and oxygen atoms in total. The molecule has 2 aromatic carbocycles. The van der Waals surface area contributed by atoms with Crippen molar-refractivity contribution < 1.29 is 28.9 Å². The second-order valence-electron chi connectivity index (χ2n) is 5.13. The summed E-state index contributed by atoms with van der Waals surface area (Å²) >= 11 is 0. The fourth-order valence-corrected chi connectivity index (χ4v) is 2.42. The first-order chi connectivity index (χ1) is 11.5. The smallest absolute Gasteiger partial charge is 0.232 e. The van der Waals surface area contributed by atoms with Crippen molar-refractivity contribution in [1.82, 2.24) is 0 Å². The zero-order valence-electron chi connectivity index (χ0n) is 13.1. The Morgan fingerprint density at radius 2 is 1.79 bits per heavy atom. The van der Waals surface area contributed by atoms with Gasteiger partial charge in [-0.1, -0.05) is 0 Å². The molecule has 0 fully saturated rings. The molecule has 1 aliphatic heterocycles. The molecule has 0 aromatic heterocycles. The quantitative estimate of drug-likeness (QED) is 0.838. The van der Waals surface area contributed by atoms with Crippen molar-refractivity contribution in [3.63, 3.8) is 0 Å². The van der Waals surface area contributed by atoms with Gasteiger partial charge < -0.3 is 24.6 Å². The fourth-order valence-electron chi connectivity index (χ4n) is 2.42. The number of carbonyl (C=O) groups excluding carboxylic acids is 2. The van der Waals surface area contributed by atoms with Gasteiger partial charge in [0.15, 0.2) is 23.0 Å². The molecule has 24 heavy (non-hydrogen) atoms. The highest BCUT2D eigenvalue weighted by atomic mass is 16.5. The summed E-state index contributed by atoms with van der Waals surface area (Å²) in [5.41, 5.74) is 0.605. The van der Waals surface area contributed by atoms with Crippen LogP contribution < -0.4 is 19.5 Å². The molecule has 0 bridgehead atoms. The summed E-state index contributed by atoms with van der Waals surface area (Å²) in [6.45, 7) is 0. The number of ketones is 1. The number of carbonyl (C=O) groups is 2. The molecule has 1 amide bonds. The zero-order chi connectivity index (χ0) is 17.3.